The van der Waals surface area contributed by atoms with Crippen molar-refractivity contribution in [1.82, 2.24) is 0 Å². The minimum absolute atomic E-state index is 0.292. The summed E-state index contributed by atoms with van der Waals surface area (Å²) in [6.07, 6.45) is -2.19. The Balaban J connectivity index is 2.27. The first-order chi connectivity index (χ1) is 15.6. The summed E-state index contributed by atoms with van der Waals surface area (Å²) >= 11 is 0. The average Bonchev–Trinajstić information content (AvgIpc) is 2.82. The Labute approximate surface area is 191 Å². The highest BCUT2D eigenvalue weighted by Gasteiger charge is 2.71. The number of hydrogen-bond acceptors (Lipinski definition) is 3. The molecule has 0 aliphatic carbocycles. The molecule has 0 fully saturated rings. The minimum Gasteiger partial charge on any atom is -0.396 e. The van der Waals surface area contributed by atoms with E-state index in [0.29, 0.717) is 14.7 Å². The van der Waals surface area contributed by atoms with Gasteiger partial charge in [-0.2, -0.15) is 17.6 Å². The lowest BCUT2D eigenvalue weighted by molar-refractivity contribution is -0.166. The van der Waals surface area contributed by atoms with Gasteiger partial charge >= 0.3 is 21.3 Å². The van der Waals surface area contributed by atoms with E-state index in [0.717, 1.165) is 0 Å². The summed E-state index contributed by atoms with van der Waals surface area (Å²) < 4.78 is 88.1. The fraction of sp³-hybridized carbons (Fsp3) is 0.217. The predicted molar refractivity (Wildman–Crippen MR) is 119 cm³/mol. The summed E-state index contributed by atoms with van der Waals surface area (Å²) in [7, 11) is -9.33. The van der Waals surface area contributed by atoms with E-state index in [1.807, 2.05) is 0 Å². The Morgan fingerprint density at radius 2 is 1.06 bits per heavy atom. The van der Waals surface area contributed by atoms with Gasteiger partial charge in [0.2, 0.25) is 0 Å². The molecule has 0 radical (unpaired) electrons. The molecule has 0 aromatic heterocycles. The molecule has 0 heterocycles. The monoisotopic (exact) mass is 503 g/mol. The van der Waals surface area contributed by atoms with Crippen molar-refractivity contribution in [3.8, 4) is 0 Å². The van der Waals surface area contributed by atoms with Gasteiger partial charge in [-0.05, 0) is 42.8 Å². The third-order valence-corrected chi connectivity index (χ3v) is 10.4. The molecule has 10 heteroatoms. The molecule has 0 unspecified atom stereocenters. The molecule has 0 spiro atoms. The van der Waals surface area contributed by atoms with E-state index in [-0.39, 0.29) is 0 Å². The first kappa shape index (κ1) is 25.2. The molecule has 3 rings (SSSR count). The van der Waals surface area contributed by atoms with Crippen LogP contribution in [0.25, 0.3) is 0 Å². The normalized spacial score (nSPS) is 13.6. The van der Waals surface area contributed by atoms with E-state index in [1.54, 1.807) is 54.6 Å². The van der Waals surface area contributed by atoms with Crippen molar-refractivity contribution in [1.29, 1.82) is 0 Å². The maximum atomic E-state index is 14.9. The lowest BCUT2D eigenvalue weighted by Crippen LogP contribution is -2.49. The Bertz CT molecular complexity index is 1050. The highest BCUT2D eigenvalue weighted by molar-refractivity contribution is 8.32. The molecule has 178 valence electrons. The lowest BCUT2D eigenvalue weighted by atomic mass is 10.2. The van der Waals surface area contributed by atoms with Crippen molar-refractivity contribution in [2.24, 2.45) is 0 Å². The molecule has 0 amide bonds. The summed E-state index contributed by atoms with van der Waals surface area (Å²) in [5.74, 6) is -4.92. The van der Waals surface area contributed by atoms with E-state index in [2.05, 4.69) is 3.63 Å². The number of rotatable bonds is 10. The largest absolute Gasteiger partial charge is 0.479 e. The summed E-state index contributed by atoms with van der Waals surface area (Å²) in [6.45, 7) is -0.782. The first-order valence-electron chi connectivity index (χ1n) is 9.92. The molecule has 0 saturated carbocycles. The molecule has 0 aliphatic heterocycles. The Morgan fingerprint density at radius 1 is 0.697 bits per heavy atom. The van der Waals surface area contributed by atoms with Crippen LogP contribution in [0.2, 0.25) is 0 Å². The molecule has 0 atom stereocenters. The number of benzene rings is 3. The van der Waals surface area contributed by atoms with E-state index in [9.17, 15) is 26.0 Å². The maximum Gasteiger partial charge on any atom is 0.479 e. The molecule has 0 saturated heterocycles. The van der Waals surface area contributed by atoms with Crippen LogP contribution in [-0.2, 0) is 10.1 Å². The lowest BCUT2D eigenvalue weighted by Gasteiger charge is -2.36. The molecule has 0 aliphatic rings. The first-order valence-corrected chi connectivity index (χ1v) is 13.0. The Kier molecular flexibility index (Phi) is 7.52. The number of halogens is 4. The highest BCUT2D eigenvalue weighted by Crippen LogP contribution is 2.69. The molecule has 4 nitrogen and oxygen atoms in total. The number of aliphatic hydroxyl groups is 1. The quantitative estimate of drug-likeness (QED) is 0.200. The third kappa shape index (κ3) is 4.79. The van der Waals surface area contributed by atoms with Gasteiger partial charge in [0.1, 0.15) is 0 Å². The zero-order valence-corrected chi connectivity index (χ0v) is 19.0. The van der Waals surface area contributed by atoms with Crippen LogP contribution in [0.4, 0.5) is 17.6 Å². The van der Waals surface area contributed by atoms with Gasteiger partial charge in [-0.15, -0.1) is 8.42 Å². The van der Waals surface area contributed by atoms with Crippen LogP contribution < -0.4 is 0 Å². The number of alkyl halides is 4. The van der Waals surface area contributed by atoms with Crippen LogP contribution in [0.1, 0.15) is 12.8 Å². The Hall–Kier alpha value is -2.40. The number of hydrogen-bond donors (Lipinski definition) is 1. The maximum absolute atomic E-state index is 14.9. The second-order valence-electron chi connectivity index (χ2n) is 7.12. The van der Waals surface area contributed by atoms with Gasteiger partial charge < -0.3 is 5.11 Å². The van der Waals surface area contributed by atoms with Crippen LogP contribution in [0.15, 0.2) is 106 Å². The van der Waals surface area contributed by atoms with Crippen LogP contribution in [0.3, 0.4) is 0 Å². The van der Waals surface area contributed by atoms with E-state index < -0.39 is 51.1 Å². The van der Waals surface area contributed by atoms with Crippen molar-refractivity contribution in [2.45, 2.75) is 38.7 Å². The molecule has 3 aromatic rings. The minimum atomic E-state index is -6.05. The van der Waals surface area contributed by atoms with Crippen LogP contribution in [0.5, 0.6) is 0 Å². The average molecular weight is 504 g/mol. The molecular formula is C23H23F4O4S2+. The molecule has 2 N–H and O–H groups in total. The molecule has 3 aromatic carbocycles. The zero-order chi connectivity index (χ0) is 24.2. The van der Waals surface area contributed by atoms with Gasteiger partial charge in [-0.25, -0.2) is 0 Å². The van der Waals surface area contributed by atoms with Crippen molar-refractivity contribution < 1.29 is 34.7 Å². The smallest absolute Gasteiger partial charge is 0.396 e. The van der Waals surface area contributed by atoms with E-state index in [4.69, 9.17) is 5.11 Å². The number of aliphatic hydroxyl groups excluding tert-OH is 1. The zero-order valence-electron chi connectivity index (χ0n) is 17.3. The van der Waals surface area contributed by atoms with Gasteiger partial charge in [0.15, 0.2) is 0 Å². The van der Waals surface area contributed by atoms with Crippen molar-refractivity contribution in [2.75, 3.05) is 6.61 Å². The molecule has 0 bridgehead atoms. The highest BCUT2D eigenvalue weighted by atomic mass is 32.3. The van der Waals surface area contributed by atoms with E-state index in [1.165, 1.54) is 36.4 Å². The molecule has 33 heavy (non-hydrogen) atoms. The van der Waals surface area contributed by atoms with Gasteiger partial charge in [0.25, 0.3) is 0 Å². The fourth-order valence-electron chi connectivity index (χ4n) is 3.22. The van der Waals surface area contributed by atoms with Crippen molar-refractivity contribution >= 4 is 20.4 Å². The van der Waals surface area contributed by atoms with Crippen LogP contribution in [-0.4, -0.2) is 34.9 Å². The third-order valence-electron chi connectivity index (χ3n) is 4.86. The summed E-state index contributed by atoms with van der Waals surface area (Å²) in [6, 6.07) is 23.8. The van der Waals surface area contributed by atoms with Crippen molar-refractivity contribution in [3.05, 3.63) is 91.0 Å². The Morgan fingerprint density at radius 3 is 1.39 bits per heavy atom. The summed E-state index contributed by atoms with van der Waals surface area (Å²) in [5, 5.41) is 3.30. The van der Waals surface area contributed by atoms with Gasteiger partial charge in [0.05, 0.1) is 25.0 Å². The van der Waals surface area contributed by atoms with Gasteiger partial charge in [0, 0.05) is 13.0 Å². The van der Waals surface area contributed by atoms with Gasteiger partial charge in [-0.3, -0.25) is 3.63 Å². The van der Waals surface area contributed by atoms with Crippen LogP contribution >= 0.6 is 10.3 Å². The topological polar surface area (TPSA) is 67.2 Å². The summed E-state index contributed by atoms with van der Waals surface area (Å²) in [5.41, 5.74) is 0. The second-order valence-corrected chi connectivity index (χ2v) is 11.8. The van der Waals surface area contributed by atoms with Crippen LogP contribution in [0, 0.1) is 0 Å². The molecular weight excluding hydrogens is 480 g/mol. The van der Waals surface area contributed by atoms with Gasteiger partial charge in [-0.1, -0.05) is 54.6 Å². The second kappa shape index (κ2) is 9.84. The van der Waals surface area contributed by atoms with E-state index >= 15 is 0 Å². The summed E-state index contributed by atoms with van der Waals surface area (Å²) in [4.78, 5) is 0.876. The SMILES string of the molecule is O=S(=O)([OH+]S(c1ccccc1)(c1ccccc1)c1ccccc1)C(F)(F)C(F)(F)CCCO. The standard InChI is InChI=1S/C23H22F4O4S2/c24-22(25,17-10-18-28)23(26,27)33(29,30)31-32(19-11-4-1-5-12-19,20-13-6-2-7-14-20)21-15-8-3-9-16-21/h1-9,11-16,28H,10,17-18H2/p+1. The van der Waals surface area contributed by atoms with Crippen molar-refractivity contribution in [3.63, 3.8) is 0 Å². The predicted octanol–water partition coefficient (Wildman–Crippen LogP) is 6.31. The fourth-order valence-corrected chi connectivity index (χ4v) is 8.75.